The number of carbonyl (C=O) groups excluding carboxylic acids is 1. The minimum atomic E-state index is -0.677. The van der Waals surface area contributed by atoms with Crippen molar-refractivity contribution in [3.63, 3.8) is 0 Å². The molecule has 0 atom stereocenters. The second-order valence-electron chi connectivity index (χ2n) is 4.61. The summed E-state index contributed by atoms with van der Waals surface area (Å²) < 4.78 is 10.3. The van der Waals surface area contributed by atoms with Gasteiger partial charge in [-0.3, -0.25) is 0 Å². The third kappa shape index (κ3) is 3.63. The second-order valence-corrected chi connectivity index (χ2v) is 4.61. The van der Waals surface area contributed by atoms with Crippen LogP contribution in [0.15, 0.2) is 54.7 Å². The summed E-state index contributed by atoms with van der Waals surface area (Å²) in [5, 5.41) is 11.3. The molecule has 0 amide bonds. The Bertz CT molecular complexity index is 831. The Labute approximate surface area is 140 Å². The van der Waals surface area contributed by atoms with Crippen molar-refractivity contribution in [3.05, 3.63) is 60.4 Å². The van der Waals surface area contributed by atoms with Crippen LogP contribution in [0.3, 0.4) is 0 Å². The number of para-hydroxylation sites is 1. The second kappa shape index (κ2) is 7.97. The molecule has 0 aliphatic carbocycles. The van der Waals surface area contributed by atoms with Crippen LogP contribution >= 0.6 is 0 Å². The van der Waals surface area contributed by atoms with E-state index >= 15 is 0 Å². The fraction of sp³-hybridized carbons (Fsp3) is 0.158. The van der Waals surface area contributed by atoms with Crippen LogP contribution in [0, 0.1) is 0 Å². The molecule has 0 bridgehead atoms. The minimum Gasteiger partial charge on any atom is -0.505 e. The summed E-state index contributed by atoms with van der Waals surface area (Å²) in [4.78, 5) is 15.5. The maximum Gasteiger partial charge on any atom is 0.360 e. The summed E-state index contributed by atoms with van der Waals surface area (Å²) in [6.45, 7) is 4.00. The van der Waals surface area contributed by atoms with Crippen molar-refractivity contribution in [1.82, 2.24) is 4.98 Å². The number of aromatic nitrogens is 1. The van der Waals surface area contributed by atoms with Crippen LogP contribution in [0.4, 0.5) is 0 Å². The Balaban J connectivity index is 0.00000100. The maximum atomic E-state index is 11.5. The summed E-state index contributed by atoms with van der Waals surface area (Å²) in [7, 11) is 1.24. The standard InChI is InChI=1S/C17H13NO4.C2H6/c1-21-17(20)15-16(19)14-8-7-13(9-11(14)10-18-15)22-12-5-3-2-4-6-12;1-2/h2-10,19H,1H3;1-2H3. The number of hydrogen-bond acceptors (Lipinski definition) is 5. The van der Waals surface area contributed by atoms with Crippen molar-refractivity contribution in [1.29, 1.82) is 0 Å². The molecule has 1 heterocycles. The molecule has 124 valence electrons. The van der Waals surface area contributed by atoms with Gasteiger partial charge in [-0.15, -0.1) is 0 Å². The largest absolute Gasteiger partial charge is 0.505 e. The highest BCUT2D eigenvalue weighted by Crippen LogP contribution is 2.31. The monoisotopic (exact) mass is 325 g/mol. The molecule has 1 N–H and O–H groups in total. The number of benzene rings is 2. The fourth-order valence-corrected chi connectivity index (χ4v) is 2.12. The molecule has 3 rings (SSSR count). The molecule has 0 unspecified atom stereocenters. The first-order valence-electron chi connectivity index (χ1n) is 7.62. The van der Waals surface area contributed by atoms with Crippen molar-refractivity contribution in [2.45, 2.75) is 13.8 Å². The number of hydrogen-bond donors (Lipinski definition) is 1. The van der Waals surface area contributed by atoms with Crippen LogP contribution < -0.4 is 4.74 Å². The molecule has 0 aliphatic rings. The zero-order chi connectivity index (χ0) is 17.5. The summed E-state index contributed by atoms with van der Waals surface area (Å²) in [6.07, 6.45) is 1.50. The van der Waals surface area contributed by atoms with Crippen LogP contribution in [0.25, 0.3) is 10.8 Å². The molecular weight excluding hydrogens is 306 g/mol. The van der Waals surface area contributed by atoms with Crippen molar-refractivity contribution in [3.8, 4) is 17.2 Å². The normalized spacial score (nSPS) is 9.79. The SMILES string of the molecule is CC.COC(=O)c1ncc2cc(Oc3ccccc3)ccc2c1O. The predicted molar refractivity (Wildman–Crippen MR) is 92.6 cm³/mol. The highest BCUT2D eigenvalue weighted by atomic mass is 16.5. The molecule has 5 nitrogen and oxygen atoms in total. The zero-order valence-corrected chi connectivity index (χ0v) is 13.8. The third-order valence-electron chi connectivity index (χ3n) is 3.19. The number of aromatic hydroxyl groups is 1. The van der Waals surface area contributed by atoms with Crippen molar-refractivity contribution in [2.24, 2.45) is 0 Å². The van der Waals surface area contributed by atoms with Gasteiger partial charge in [0.05, 0.1) is 7.11 Å². The highest BCUT2D eigenvalue weighted by molar-refractivity contribution is 5.99. The van der Waals surface area contributed by atoms with Crippen LogP contribution in [-0.2, 0) is 4.74 Å². The number of pyridine rings is 1. The van der Waals surface area contributed by atoms with E-state index in [1.165, 1.54) is 13.3 Å². The Kier molecular flexibility index (Phi) is 5.73. The van der Waals surface area contributed by atoms with Gasteiger partial charge in [0.25, 0.3) is 0 Å². The molecule has 0 saturated carbocycles. The minimum absolute atomic E-state index is 0.105. The smallest absolute Gasteiger partial charge is 0.360 e. The lowest BCUT2D eigenvalue weighted by atomic mass is 10.1. The maximum absolute atomic E-state index is 11.5. The lowest BCUT2D eigenvalue weighted by Gasteiger charge is -2.09. The molecule has 0 spiro atoms. The van der Waals surface area contributed by atoms with Gasteiger partial charge in [-0.1, -0.05) is 32.0 Å². The Morgan fingerprint density at radius 2 is 1.75 bits per heavy atom. The lowest BCUT2D eigenvalue weighted by Crippen LogP contribution is -2.04. The Morgan fingerprint density at radius 1 is 1.04 bits per heavy atom. The van der Waals surface area contributed by atoms with Gasteiger partial charge in [-0.25, -0.2) is 9.78 Å². The summed E-state index contributed by atoms with van der Waals surface area (Å²) >= 11 is 0. The van der Waals surface area contributed by atoms with E-state index in [-0.39, 0.29) is 11.4 Å². The fourth-order valence-electron chi connectivity index (χ4n) is 2.12. The van der Waals surface area contributed by atoms with Crippen LogP contribution in [0.1, 0.15) is 24.3 Å². The molecule has 0 saturated heterocycles. The summed E-state index contributed by atoms with van der Waals surface area (Å²) in [6, 6.07) is 14.5. The van der Waals surface area contributed by atoms with E-state index in [1.54, 1.807) is 18.2 Å². The average Bonchev–Trinajstić information content (AvgIpc) is 2.64. The lowest BCUT2D eigenvalue weighted by molar-refractivity contribution is 0.0591. The van der Waals surface area contributed by atoms with Gasteiger partial charge in [0.2, 0.25) is 0 Å². The molecule has 0 radical (unpaired) electrons. The van der Waals surface area contributed by atoms with Crippen molar-refractivity contribution < 1.29 is 19.4 Å². The number of esters is 1. The molecule has 0 aliphatic heterocycles. The van der Waals surface area contributed by atoms with E-state index in [1.807, 2.05) is 44.2 Å². The van der Waals surface area contributed by atoms with Crippen LogP contribution in [0.5, 0.6) is 17.2 Å². The van der Waals surface area contributed by atoms with Gasteiger partial charge >= 0.3 is 5.97 Å². The zero-order valence-electron chi connectivity index (χ0n) is 13.8. The molecule has 0 fully saturated rings. The van der Waals surface area contributed by atoms with Gasteiger partial charge in [-0.05, 0) is 30.3 Å². The molecule has 2 aromatic carbocycles. The van der Waals surface area contributed by atoms with E-state index in [9.17, 15) is 9.90 Å². The number of carbonyl (C=O) groups is 1. The number of rotatable bonds is 3. The van der Waals surface area contributed by atoms with Gasteiger partial charge in [-0.2, -0.15) is 0 Å². The Morgan fingerprint density at radius 3 is 2.42 bits per heavy atom. The van der Waals surface area contributed by atoms with Gasteiger partial charge in [0.1, 0.15) is 11.5 Å². The van der Waals surface area contributed by atoms with Crippen molar-refractivity contribution in [2.75, 3.05) is 7.11 Å². The highest BCUT2D eigenvalue weighted by Gasteiger charge is 2.16. The van der Waals surface area contributed by atoms with Crippen LogP contribution in [0.2, 0.25) is 0 Å². The molecule has 24 heavy (non-hydrogen) atoms. The number of methoxy groups -OCH3 is 1. The Hall–Kier alpha value is -3.08. The molecule has 3 aromatic rings. The quantitative estimate of drug-likeness (QED) is 0.716. The first-order chi connectivity index (χ1) is 11.7. The van der Waals surface area contributed by atoms with Gasteiger partial charge in [0.15, 0.2) is 11.4 Å². The first kappa shape index (κ1) is 17.3. The van der Waals surface area contributed by atoms with Crippen molar-refractivity contribution >= 4 is 16.7 Å². The number of ether oxygens (including phenoxy) is 2. The molecule has 5 heteroatoms. The van der Waals surface area contributed by atoms with E-state index < -0.39 is 5.97 Å². The number of nitrogens with zero attached hydrogens (tertiary/aromatic N) is 1. The first-order valence-corrected chi connectivity index (χ1v) is 7.62. The average molecular weight is 325 g/mol. The van der Waals surface area contributed by atoms with E-state index in [4.69, 9.17) is 4.74 Å². The van der Waals surface area contributed by atoms with E-state index in [0.29, 0.717) is 22.3 Å². The summed E-state index contributed by atoms with van der Waals surface area (Å²) in [5.41, 5.74) is -0.105. The summed E-state index contributed by atoms with van der Waals surface area (Å²) in [5.74, 6) is 0.454. The number of fused-ring (bicyclic) bond motifs is 1. The van der Waals surface area contributed by atoms with Crippen LogP contribution in [-0.4, -0.2) is 23.2 Å². The topological polar surface area (TPSA) is 68.7 Å². The molecular formula is C19H19NO4. The predicted octanol–water partition coefficient (Wildman–Crippen LogP) is 4.55. The van der Waals surface area contributed by atoms with E-state index in [2.05, 4.69) is 9.72 Å². The van der Waals surface area contributed by atoms with Gasteiger partial charge < -0.3 is 14.6 Å². The van der Waals surface area contributed by atoms with E-state index in [0.717, 1.165) is 0 Å². The van der Waals surface area contributed by atoms with Gasteiger partial charge in [0, 0.05) is 17.0 Å². The molecule has 1 aromatic heterocycles. The third-order valence-corrected chi connectivity index (χ3v) is 3.19.